The maximum absolute atomic E-state index is 5.81. The summed E-state index contributed by atoms with van der Waals surface area (Å²) >= 11 is 0. The summed E-state index contributed by atoms with van der Waals surface area (Å²) < 4.78 is 2.08. The van der Waals surface area contributed by atoms with Crippen LogP contribution in [-0.4, -0.2) is 44.1 Å². The minimum atomic E-state index is 0.458. The van der Waals surface area contributed by atoms with Crippen molar-refractivity contribution in [1.29, 1.82) is 0 Å². The lowest BCUT2D eigenvalue weighted by Crippen LogP contribution is -2.28. The summed E-state index contributed by atoms with van der Waals surface area (Å²) in [6, 6.07) is 0. The predicted molar refractivity (Wildman–Crippen MR) is 83.8 cm³/mol. The van der Waals surface area contributed by atoms with E-state index >= 15 is 0 Å². The minimum Gasteiger partial charge on any atom is -0.382 e. The molecule has 2 aromatic rings. The molecule has 2 heterocycles. The van der Waals surface area contributed by atoms with Crippen molar-refractivity contribution >= 4 is 17.0 Å². The molecule has 21 heavy (non-hydrogen) atoms. The first kappa shape index (κ1) is 14.3. The van der Waals surface area contributed by atoms with Crippen LogP contribution >= 0.6 is 0 Å². The first-order chi connectivity index (χ1) is 10.3. The Kier molecular flexibility index (Phi) is 4.34. The van der Waals surface area contributed by atoms with Crippen LogP contribution in [0.3, 0.4) is 0 Å². The van der Waals surface area contributed by atoms with Crippen molar-refractivity contribution in [2.45, 2.75) is 39.2 Å². The van der Waals surface area contributed by atoms with Crippen molar-refractivity contribution in [3.05, 3.63) is 12.7 Å². The number of nitrogens with zero attached hydrogens (tertiary/aromatic N) is 5. The first-order valence-electron chi connectivity index (χ1n) is 7.91. The summed E-state index contributed by atoms with van der Waals surface area (Å²) in [5, 5.41) is 0. The van der Waals surface area contributed by atoms with Gasteiger partial charge in [0, 0.05) is 13.1 Å². The Bertz CT molecular complexity index is 589. The highest BCUT2D eigenvalue weighted by molar-refractivity contribution is 5.80. The molecule has 0 atom stereocenters. The van der Waals surface area contributed by atoms with Gasteiger partial charge in [0.1, 0.15) is 11.8 Å². The number of hydrogen-bond acceptors (Lipinski definition) is 5. The van der Waals surface area contributed by atoms with Gasteiger partial charge in [0.05, 0.1) is 6.33 Å². The zero-order valence-corrected chi connectivity index (χ0v) is 12.7. The number of nitrogens with two attached hydrogens (primary N) is 1. The third-order valence-corrected chi connectivity index (χ3v) is 4.06. The third-order valence-electron chi connectivity index (χ3n) is 4.06. The monoisotopic (exact) mass is 288 g/mol. The quantitative estimate of drug-likeness (QED) is 0.803. The molecule has 1 aliphatic carbocycles. The van der Waals surface area contributed by atoms with Crippen LogP contribution < -0.4 is 5.73 Å². The summed E-state index contributed by atoms with van der Waals surface area (Å²) in [5.41, 5.74) is 7.36. The Balaban J connectivity index is 1.56. The Morgan fingerprint density at radius 1 is 1.29 bits per heavy atom. The average Bonchev–Trinajstić information content (AvgIpc) is 3.19. The molecule has 3 rings (SSSR count). The van der Waals surface area contributed by atoms with Gasteiger partial charge in [0.25, 0.3) is 0 Å². The second-order valence-corrected chi connectivity index (χ2v) is 5.97. The third kappa shape index (κ3) is 3.50. The van der Waals surface area contributed by atoms with E-state index in [2.05, 4.69) is 31.3 Å². The lowest BCUT2D eigenvalue weighted by Gasteiger charge is -2.21. The normalized spacial score (nSPS) is 15.1. The molecule has 2 aromatic heterocycles. The van der Waals surface area contributed by atoms with Gasteiger partial charge in [-0.3, -0.25) is 0 Å². The molecule has 0 radical (unpaired) electrons. The molecule has 1 fully saturated rings. The van der Waals surface area contributed by atoms with E-state index in [4.69, 9.17) is 5.73 Å². The number of aryl methyl sites for hydroxylation is 1. The summed E-state index contributed by atoms with van der Waals surface area (Å²) in [4.78, 5) is 15.2. The standard InChI is InChI=1S/C15H24N6/c1-2-6-20(9-12-4-5-12)7-3-8-21-11-19-13-14(16)17-10-18-15(13)21/h10-12H,2-9H2,1H3,(H2,16,17,18). The fourth-order valence-electron chi connectivity index (χ4n) is 2.80. The van der Waals surface area contributed by atoms with Crippen LogP contribution in [0.2, 0.25) is 0 Å². The van der Waals surface area contributed by atoms with Crippen LogP contribution in [0.1, 0.15) is 32.6 Å². The largest absolute Gasteiger partial charge is 0.382 e. The predicted octanol–water partition coefficient (Wildman–Crippen LogP) is 1.92. The second-order valence-electron chi connectivity index (χ2n) is 5.97. The van der Waals surface area contributed by atoms with E-state index in [1.54, 1.807) is 0 Å². The summed E-state index contributed by atoms with van der Waals surface area (Å²) in [7, 11) is 0. The highest BCUT2D eigenvalue weighted by atomic mass is 15.1. The molecule has 0 amide bonds. The topological polar surface area (TPSA) is 72.9 Å². The lowest BCUT2D eigenvalue weighted by atomic mass is 10.3. The fraction of sp³-hybridized carbons (Fsp3) is 0.667. The number of rotatable bonds is 8. The van der Waals surface area contributed by atoms with Gasteiger partial charge < -0.3 is 15.2 Å². The van der Waals surface area contributed by atoms with E-state index in [9.17, 15) is 0 Å². The first-order valence-corrected chi connectivity index (χ1v) is 7.91. The maximum Gasteiger partial charge on any atom is 0.165 e. The number of hydrogen-bond donors (Lipinski definition) is 1. The molecule has 6 heteroatoms. The van der Waals surface area contributed by atoms with E-state index in [1.807, 2.05) is 6.33 Å². The highest BCUT2D eigenvalue weighted by Gasteiger charge is 2.23. The second kappa shape index (κ2) is 6.39. The molecule has 0 aliphatic heterocycles. The van der Waals surface area contributed by atoms with Gasteiger partial charge >= 0.3 is 0 Å². The van der Waals surface area contributed by atoms with Crippen molar-refractivity contribution in [1.82, 2.24) is 24.4 Å². The van der Waals surface area contributed by atoms with Gasteiger partial charge in [-0.25, -0.2) is 15.0 Å². The number of anilines is 1. The summed E-state index contributed by atoms with van der Waals surface area (Å²) in [5.74, 6) is 1.42. The van der Waals surface area contributed by atoms with Crippen LogP contribution in [0.25, 0.3) is 11.2 Å². The maximum atomic E-state index is 5.81. The minimum absolute atomic E-state index is 0.458. The van der Waals surface area contributed by atoms with E-state index in [1.165, 1.54) is 38.7 Å². The number of aromatic nitrogens is 4. The van der Waals surface area contributed by atoms with Crippen LogP contribution in [0.15, 0.2) is 12.7 Å². The number of fused-ring (bicyclic) bond motifs is 1. The van der Waals surface area contributed by atoms with Crippen LogP contribution in [0.4, 0.5) is 5.82 Å². The molecule has 0 aromatic carbocycles. The van der Waals surface area contributed by atoms with E-state index in [0.717, 1.165) is 31.1 Å². The highest BCUT2D eigenvalue weighted by Crippen LogP contribution is 2.29. The van der Waals surface area contributed by atoms with Gasteiger partial charge in [-0.15, -0.1) is 0 Å². The molecule has 0 spiro atoms. The number of nitrogen functional groups attached to an aromatic ring is 1. The van der Waals surface area contributed by atoms with Gasteiger partial charge in [-0.2, -0.15) is 0 Å². The van der Waals surface area contributed by atoms with E-state index < -0.39 is 0 Å². The van der Waals surface area contributed by atoms with Crippen molar-refractivity contribution in [2.75, 3.05) is 25.4 Å². The van der Waals surface area contributed by atoms with Gasteiger partial charge in [0.2, 0.25) is 0 Å². The van der Waals surface area contributed by atoms with Crippen molar-refractivity contribution in [2.24, 2.45) is 5.92 Å². The number of imidazole rings is 1. The van der Waals surface area contributed by atoms with Crippen LogP contribution in [0.5, 0.6) is 0 Å². The Morgan fingerprint density at radius 2 is 2.14 bits per heavy atom. The van der Waals surface area contributed by atoms with Crippen molar-refractivity contribution < 1.29 is 0 Å². The van der Waals surface area contributed by atoms with Crippen molar-refractivity contribution in [3.8, 4) is 0 Å². The molecule has 114 valence electrons. The zero-order chi connectivity index (χ0) is 14.7. The Hall–Kier alpha value is -1.69. The molecule has 0 saturated heterocycles. The smallest absolute Gasteiger partial charge is 0.165 e. The fourth-order valence-corrected chi connectivity index (χ4v) is 2.80. The van der Waals surface area contributed by atoms with Gasteiger partial charge in [0.15, 0.2) is 11.5 Å². The Labute approximate surface area is 125 Å². The SMILES string of the molecule is CCCN(CCCn1cnc2c(N)ncnc21)CC1CC1. The lowest BCUT2D eigenvalue weighted by molar-refractivity contribution is 0.256. The molecule has 1 saturated carbocycles. The van der Waals surface area contributed by atoms with Gasteiger partial charge in [-0.1, -0.05) is 6.92 Å². The molecule has 0 bridgehead atoms. The molecule has 6 nitrogen and oxygen atoms in total. The molecule has 1 aliphatic rings. The van der Waals surface area contributed by atoms with E-state index in [-0.39, 0.29) is 0 Å². The molecular weight excluding hydrogens is 264 g/mol. The van der Waals surface area contributed by atoms with Crippen molar-refractivity contribution in [3.63, 3.8) is 0 Å². The Morgan fingerprint density at radius 3 is 2.90 bits per heavy atom. The summed E-state index contributed by atoms with van der Waals surface area (Å²) in [6.07, 6.45) is 8.50. The molecule has 2 N–H and O–H groups in total. The average molecular weight is 288 g/mol. The summed E-state index contributed by atoms with van der Waals surface area (Å²) in [6.45, 7) is 6.80. The van der Waals surface area contributed by atoms with E-state index in [0.29, 0.717) is 11.3 Å². The molecule has 0 unspecified atom stereocenters. The van der Waals surface area contributed by atoms with Crippen LogP contribution in [-0.2, 0) is 6.54 Å². The van der Waals surface area contributed by atoms with Gasteiger partial charge in [-0.05, 0) is 44.7 Å². The van der Waals surface area contributed by atoms with Crippen LogP contribution in [0, 0.1) is 5.92 Å². The molecular formula is C15H24N6. The zero-order valence-electron chi connectivity index (χ0n) is 12.7.